The Kier molecular flexibility index (Phi) is 5.09. The Labute approximate surface area is 105 Å². The molecule has 16 heavy (non-hydrogen) atoms. The van der Waals surface area contributed by atoms with Crippen LogP contribution in [0.2, 0.25) is 0 Å². The van der Waals surface area contributed by atoms with Gasteiger partial charge in [-0.25, -0.2) is 0 Å². The normalized spacial score (nSPS) is 12.3. The molecule has 1 aromatic carbocycles. The van der Waals surface area contributed by atoms with Crippen LogP contribution in [0.25, 0.3) is 0 Å². The molecule has 0 bridgehead atoms. The van der Waals surface area contributed by atoms with Crippen molar-refractivity contribution in [3.8, 4) is 11.5 Å². The van der Waals surface area contributed by atoms with Crippen molar-refractivity contribution in [3.63, 3.8) is 0 Å². The molecule has 0 aliphatic carbocycles. The molecule has 1 unspecified atom stereocenters. The number of nitrogens with two attached hydrogens (primary N) is 1. The van der Waals surface area contributed by atoms with Gasteiger partial charge in [0.15, 0.2) is 11.5 Å². The molecule has 0 spiro atoms. The maximum atomic E-state index is 5.94. The molecule has 0 heterocycles. The smallest absolute Gasteiger partial charge is 0.161 e. The van der Waals surface area contributed by atoms with Crippen LogP contribution < -0.4 is 15.2 Å². The van der Waals surface area contributed by atoms with E-state index in [-0.39, 0.29) is 6.04 Å². The van der Waals surface area contributed by atoms with E-state index in [1.165, 1.54) is 0 Å². The number of benzene rings is 1. The summed E-state index contributed by atoms with van der Waals surface area (Å²) in [6, 6.07) is 4.06. The first-order chi connectivity index (χ1) is 7.62. The molecule has 3 nitrogen and oxygen atoms in total. The third-order valence-corrected chi connectivity index (χ3v) is 3.30. The predicted molar refractivity (Wildman–Crippen MR) is 69.2 cm³/mol. The van der Waals surface area contributed by atoms with E-state index < -0.39 is 0 Å². The summed E-state index contributed by atoms with van der Waals surface area (Å²) in [7, 11) is 3.26. The summed E-state index contributed by atoms with van der Waals surface area (Å²) in [5.41, 5.74) is 7.09. The van der Waals surface area contributed by atoms with E-state index in [2.05, 4.69) is 22.9 Å². The zero-order chi connectivity index (χ0) is 12.1. The molecule has 0 saturated carbocycles. The minimum Gasteiger partial charge on any atom is -0.493 e. The van der Waals surface area contributed by atoms with Crippen LogP contribution in [0, 0.1) is 0 Å². The molecule has 0 radical (unpaired) electrons. The Hall–Kier alpha value is -0.740. The Morgan fingerprint density at radius 3 is 2.31 bits per heavy atom. The fourth-order valence-corrected chi connectivity index (χ4v) is 1.96. The van der Waals surface area contributed by atoms with Crippen molar-refractivity contribution in [1.29, 1.82) is 0 Å². The van der Waals surface area contributed by atoms with Gasteiger partial charge in [-0.1, -0.05) is 22.9 Å². The van der Waals surface area contributed by atoms with Gasteiger partial charge in [0.05, 0.1) is 14.2 Å². The van der Waals surface area contributed by atoms with E-state index in [0.29, 0.717) is 0 Å². The summed E-state index contributed by atoms with van der Waals surface area (Å²) >= 11 is 3.52. The maximum absolute atomic E-state index is 5.94. The average Bonchev–Trinajstić information content (AvgIpc) is 2.30. The summed E-state index contributed by atoms with van der Waals surface area (Å²) < 4.78 is 11.5. The molecule has 0 saturated heterocycles. The van der Waals surface area contributed by atoms with Crippen LogP contribution in [0.3, 0.4) is 0 Å². The summed E-state index contributed by atoms with van der Waals surface area (Å²) in [6.45, 7) is 2.08. The molecule has 0 fully saturated rings. The predicted octanol–water partition coefficient (Wildman–Crippen LogP) is 2.75. The molecule has 2 N–H and O–H groups in total. The van der Waals surface area contributed by atoms with Crippen LogP contribution in [0.5, 0.6) is 11.5 Å². The highest BCUT2D eigenvalue weighted by molar-refractivity contribution is 9.10. The highest BCUT2D eigenvalue weighted by Gasteiger charge is 2.11. The zero-order valence-electron chi connectivity index (χ0n) is 9.92. The Morgan fingerprint density at radius 1 is 1.25 bits per heavy atom. The van der Waals surface area contributed by atoms with Gasteiger partial charge in [-0.2, -0.15) is 0 Å². The van der Waals surface area contributed by atoms with Crippen molar-refractivity contribution in [3.05, 3.63) is 22.2 Å². The van der Waals surface area contributed by atoms with Crippen molar-refractivity contribution >= 4 is 15.9 Å². The molecule has 4 heteroatoms. The van der Waals surface area contributed by atoms with Crippen LogP contribution in [0.1, 0.15) is 18.9 Å². The number of halogens is 1. The zero-order valence-corrected chi connectivity index (χ0v) is 11.5. The molecule has 1 aromatic rings. The molecule has 90 valence electrons. The van der Waals surface area contributed by atoms with Crippen LogP contribution >= 0.6 is 15.9 Å². The molecule has 0 aliphatic rings. The second kappa shape index (κ2) is 6.11. The van der Waals surface area contributed by atoms with Gasteiger partial charge >= 0.3 is 0 Å². The van der Waals surface area contributed by atoms with Gasteiger partial charge in [-0.05, 0) is 30.5 Å². The fourth-order valence-electron chi connectivity index (χ4n) is 1.48. The summed E-state index contributed by atoms with van der Waals surface area (Å²) in [6.07, 6.45) is 1.79. The average molecular weight is 288 g/mol. The number of hydrogen-bond acceptors (Lipinski definition) is 3. The van der Waals surface area contributed by atoms with Gasteiger partial charge in [-0.3, -0.25) is 0 Å². The van der Waals surface area contributed by atoms with Crippen LogP contribution in [-0.4, -0.2) is 20.3 Å². The van der Waals surface area contributed by atoms with E-state index in [4.69, 9.17) is 15.2 Å². The first-order valence-corrected chi connectivity index (χ1v) is 6.07. The second-order valence-electron chi connectivity index (χ2n) is 3.67. The Balaban J connectivity index is 3.01. The van der Waals surface area contributed by atoms with Gasteiger partial charge in [0, 0.05) is 10.5 Å². The van der Waals surface area contributed by atoms with Gasteiger partial charge in [-0.15, -0.1) is 0 Å². The molecule has 1 rings (SSSR count). The van der Waals surface area contributed by atoms with Gasteiger partial charge in [0.1, 0.15) is 0 Å². The molecular weight excluding hydrogens is 270 g/mol. The lowest BCUT2D eigenvalue weighted by Gasteiger charge is -2.14. The first-order valence-electron chi connectivity index (χ1n) is 5.28. The van der Waals surface area contributed by atoms with E-state index in [0.717, 1.165) is 34.4 Å². The summed E-state index contributed by atoms with van der Waals surface area (Å²) in [4.78, 5) is 0. The van der Waals surface area contributed by atoms with Crippen molar-refractivity contribution < 1.29 is 9.47 Å². The number of methoxy groups -OCH3 is 2. The van der Waals surface area contributed by atoms with Crippen LogP contribution in [0.15, 0.2) is 16.6 Å². The van der Waals surface area contributed by atoms with E-state index in [1.54, 1.807) is 14.2 Å². The van der Waals surface area contributed by atoms with Crippen molar-refractivity contribution in [2.45, 2.75) is 25.8 Å². The van der Waals surface area contributed by atoms with E-state index >= 15 is 0 Å². The van der Waals surface area contributed by atoms with Crippen molar-refractivity contribution in [2.75, 3.05) is 14.2 Å². The standard InChI is InChI=1S/C12H18BrNO2/c1-4-9(14)5-8-6-11(15-2)12(16-3)7-10(8)13/h6-7,9H,4-5,14H2,1-3H3. The van der Waals surface area contributed by atoms with Crippen LogP contribution in [0.4, 0.5) is 0 Å². The van der Waals surface area contributed by atoms with Crippen molar-refractivity contribution in [1.82, 2.24) is 0 Å². The summed E-state index contributed by atoms with van der Waals surface area (Å²) in [5.74, 6) is 1.46. The molecule has 0 aliphatic heterocycles. The highest BCUT2D eigenvalue weighted by atomic mass is 79.9. The van der Waals surface area contributed by atoms with Crippen LogP contribution in [-0.2, 0) is 6.42 Å². The molecule has 0 amide bonds. The van der Waals surface area contributed by atoms with Gasteiger partial charge < -0.3 is 15.2 Å². The lowest BCUT2D eigenvalue weighted by Crippen LogP contribution is -2.21. The van der Waals surface area contributed by atoms with Gasteiger partial charge in [0.2, 0.25) is 0 Å². The lowest BCUT2D eigenvalue weighted by molar-refractivity contribution is 0.354. The molecular formula is C12H18BrNO2. The quantitative estimate of drug-likeness (QED) is 0.906. The van der Waals surface area contributed by atoms with Gasteiger partial charge in [0.25, 0.3) is 0 Å². The highest BCUT2D eigenvalue weighted by Crippen LogP contribution is 2.33. The molecule has 0 aromatic heterocycles. The third kappa shape index (κ3) is 3.12. The minimum atomic E-state index is 0.175. The number of hydrogen-bond donors (Lipinski definition) is 1. The maximum Gasteiger partial charge on any atom is 0.161 e. The second-order valence-corrected chi connectivity index (χ2v) is 4.53. The van der Waals surface area contributed by atoms with E-state index in [1.807, 2.05) is 12.1 Å². The fraction of sp³-hybridized carbons (Fsp3) is 0.500. The summed E-state index contributed by atoms with van der Waals surface area (Å²) in [5, 5.41) is 0. The topological polar surface area (TPSA) is 44.5 Å². The molecule has 1 atom stereocenters. The third-order valence-electron chi connectivity index (χ3n) is 2.56. The van der Waals surface area contributed by atoms with E-state index in [9.17, 15) is 0 Å². The number of ether oxygens (including phenoxy) is 2. The largest absolute Gasteiger partial charge is 0.493 e. The monoisotopic (exact) mass is 287 g/mol. The Bertz CT molecular complexity index is 355. The SMILES string of the molecule is CCC(N)Cc1cc(OC)c(OC)cc1Br. The lowest BCUT2D eigenvalue weighted by atomic mass is 10.0. The van der Waals surface area contributed by atoms with Crippen molar-refractivity contribution in [2.24, 2.45) is 5.73 Å². The first kappa shape index (κ1) is 13.3. The number of rotatable bonds is 5. The minimum absolute atomic E-state index is 0.175. The Morgan fingerprint density at radius 2 is 1.81 bits per heavy atom.